The van der Waals surface area contributed by atoms with Crippen LogP contribution >= 0.6 is 0 Å². The van der Waals surface area contributed by atoms with E-state index >= 15 is 0 Å². The fourth-order valence-electron chi connectivity index (χ4n) is 4.00. The minimum atomic E-state index is -0.325. The number of methoxy groups -OCH3 is 1. The number of rotatable bonds is 8. The lowest BCUT2D eigenvalue weighted by Gasteiger charge is -2.41. The van der Waals surface area contributed by atoms with E-state index in [4.69, 9.17) is 9.47 Å². The van der Waals surface area contributed by atoms with Crippen LogP contribution in [-0.2, 0) is 4.74 Å². The summed E-state index contributed by atoms with van der Waals surface area (Å²) >= 11 is 0. The van der Waals surface area contributed by atoms with E-state index in [1.807, 2.05) is 37.3 Å². The van der Waals surface area contributed by atoms with Crippen molar-refractivity contribution in [3.05, 3.63) is 65.7 Å². The molecular weight excluding hydrogens is 380 g/mol. The van der Waals surface area contributed by atoms with Crippen LogP contribution in [0.25, 0.3) is 0 Å². The van der Waals surface area contributed by atoms with E-state index in [2.05, 4.69) is 5.43 Å². The molecule has 1 atom stereocenters. The van der Waals surface area contributed by atoms with Gasteiger partial charge in [0.1, 0.15) is 25.4 Å². The normalized spacial score (nSPS) is 16.3. The number of amides is 1. The van der Waals surface area contributed by atoms with E-state index < -0.39 is 0 Å². The molecule has 1 unspecified atom stereocenters. The Balaban J connectivity index is 1.75. The SMILES string of the molecule is CCC(C[N+]1(NC(=O)c2ccccc2OC)CCCCC1)OC(=O)c1ccccc1. The summed E-state index contributed by atoms with van der Waals surface area (Å²) in [4.78, 5) is 25.7. The lowest BCUT2D eigenvalue weighted by atomic mass is 10.1. The van der Waals surface area contributed by atoms with Gasteiger partial charge in [-0.3, -0.25) is 4.79 Å². The number of carbonyl (C=O) groups excluding carboxylic acids is 2. The van der Waals surface area contributed by atoms with Gasteiger partial charge >= 0.3 is 5.97 Å². The quantitative estimate of drug-likeness (QED) is 0.527. The lowest BCUT2D eigenvalue weighted by Crippen LogP contribution is -2.65. The third kappa shape index (κ3) is 5.39. The van der Waals surface area contributed by atoms with Crippen molar-refractivity contribution in [3.63, 3.8) is 0 Å². The summed E-state index contributed by atoms with van der Waals surface area (Å²) in [6.07, 6.45) is 3.59. The van der Waals surface area contributed by atoms with Crippen molar-refractivity contribution < 1.29 is 23.7 Å². The van der Waals surface area contributed by atoms with Crippen LogP contribution in [0.5, 0.6) is 5.75 Å². The van der Waals surface area contributed by atoms with Crippen LogP contribution < -0.4 is 10.2 Å². The van der Waals surface area contributed by atoms with Gasteiger partial charge in [-0.15, -0.1) is 0 Å². The molecule has 1 saturated heterocycles. The van der Waals surface area contributed by atoms with Gasteiger partial charge in [-0.1, -0.05) is 37.3 Å². The van der Waals surface area contributed by atoms with Crippen LogP contribution in [0.2, 0.25) is 0 Å². The number of benzene rings is 2. The molecular formula is C24H31N2O4+. The van der Waals surface area contributed by atoms with Gasteiger partial charge in [0.25, 0.3) is 5.91 Å². The van der Waals surface area contributed by atoms with E-state index in [1.165, 1.54) is 0 Å². The minimum absolute atomic E-state index is 0.168. The molecule has 3 rings (SSSR count). The average Bonchev–Trinajstić information content (AvgIpc) is 2.79. The molecule has 0 bridgehead atoms. The first-order valence-electron chi connectivity index (χ1n) is 10.6. The van der Waals surface area contributed by atoms with Crippen molar-refractivity contribution in [2.75, 3.05) is 26.7 Å². The van der Waals surface area contributed by atoms with Crippen molar-refractivity contribution in [1.29, 1.82) is 0 Å². The maximum atomic E-state index is 13.1. The summed E-state index contributed by atoms with van der Waals surface area (Å²) in [5.74, 6) is 0.0555. The highest BCUT2D eigenvalue weighted by molar-refractivity contribution is 5.96. The van der Waals surface area contributed by atoms with Gasteiger partial charge in [0.15, 0.2) is 6.10 Å². The van der Waals surface area contributed by atoms with Crippen LogP contribution in [0.4, 0.5) is 0 Å². The van der Waals surface area contributed by atoms with Gasteiger partial charge in [-0.25, -0.2) is 9.39 Å². The second kappa shape index (κ2) is 10.3. The number of piperidine rings is 1. The molecule has 1 fully saturated rings. The zero-order valence-corrected chi connectivity index (χ0v) is 17.8. The Morgan fingerprint density at radius 1 is 1.00 bits per heavy atom. The molecule has 2 aromatic rings. The second-order valence-electron chi connectivity index (χ2n) is 7.78. The van der Waals surface area contributed by atoms with Crippen LogP contribution in [0.15, 0.2) is 54.6 Å². The minimum Gasteiger partial charge on any atom is -0.496 e. The highest BCUT2D eigenvalue weighted by Crippen LogP contribution is 2.22. The highest BCUT2D eigenvalue weighted by atomic mass is 16.5. The van der Waals surface area contributed by atoms with Crippen LogP contribution in [0.1, 0.15) is 53.3 Å². The van der Waals surface area contributed by atoms with E-state index in [0.29, 0.717) is 34.4 Å². The number of esters is 1. The molecule has 2 aromatic carbocycles. The van der Waals surface area contributed by atoms with Gasteiger partial charge in [-0.05, 0) is 49.9 Å². The van der Waals surface area contributed by atoms with Crippen LogP contribution in [-0.4, -0.2) is 49.3 Å². The first-order valence-corrected chi connectivity index (χ1v) is 10.6. The Labute approximate surface area is 178 Å². The van der Waals surface area contributed by atoms with Gasteiger partial charge in [0, 0.05) is 0 Å². The molecule has 1 amide bonds. The number of nitrogens with one attached hydrogen (secondary N) is 1. The van der Waals surface area contributed by atoms with Gasteiger partial charge in [0.05, 0.1) is 18.2 Å². The number of likely N-dealkylation sites (tertiary alicyclic amines) is 1. The number of carbonyl (C=O) groups is 2. The summed E-state index contributed by atoms with van der Waals surface area (Å²) in [5, 5.41) is 0. The summed E-state index contributed by atoms with van der Waals surface area (Å²) in [6, 6.07) is 16.2. The Morgan fingerprint density at radius 3 is 2.33 bits per heavy atom. The van der Waals surface area contributed by atoms with E-state index in [-0.39, 0.29) is 18.0 Å². The zero-order chi connectivity index (χ0) is 21.4. The summed E-state index contributed by atoms with van der Waals surface area (Å²) in [5.41, 5.74) is 4.28. The summed E-state index contributed by atoms with van der Waals surface area (Å²) in [7, 11) is 1.56. The summed E-state index contributed by atoms with van der Waals surface area (Å²) < 4.78 is 11.6. The predicted octanol–water partition coefficient (Wildman–Crippen LogP) is 3.98. The highest BCUT2D eigenvalue weighted by Gasteiger charge is 2.37. The zero-order valence-electron chi connectivity index (χ0n) is 17.8. The number of nitrogens with zero attached hydrogens (tertiary/aromatic N) is 1. The topological polar surface area (TPSA) is 64.6 Å². The number of hydrogen-bond donors (Lipinski definition) is 1. The molecule has 1 aliphatic rings. The van der Waals surface area contributed by atoms with Crippen molar-refractivity contribution in [2.24, 2.45) is 0 Å². The first kappa shape index (κ1) is 21.8. The smallest absolute Gasteiger partial charge is 0.338 e. The van der Waals surface area contributed by atoms with Crippen molar-refractivity contribution in [3.8, 4) is 5.75 Å². The molecule has 0 radical (unpaired) electrons. The second-order valence-corrected chi connectivity index (χ2v) is 7.78. The third-order valence-corrected chi connectivity index (χ3v) is 5.65. The average molecular weight is 412 g/mol. The Bertz CT molecular complexity index is 847. The van der Waals surface area contributed by atoms with Crippen LogP contribution in [0.3, 0.4) is 0 Å². The van der Waals surface area contributed by atoms with Gasteiger partial charge < -0.3 is 9.47 Å². The number of para-hydroxylation sites is 1. The molecule has 6 nitrogen and oxygen atoms in total. The van der Waals surface area contributed by atoms with E-state index in [9.17, 15) is 9.59 Å². The van der Waals surface area contributed by atoms with Crippen molar-refractivity contribution >= 4 is 11.9 Å². The molecule has 160 valence electrons. The fourth-order valence-corrected chi connectivity index (χ4v) is 4.00. The lowest BCUT2D eigenvalue weighted by molar-refractivity contribution is -0.967. The molecule has 30 heavy (non-hydrogen) atoms. The van der Waals surface area contributed by atoms with Gasteiger partial charge in [-0.2, -0.15) is 5.43 Å². The van der Waals surface area contributed by atoms with E-state index in [0.717, 1.165) is 32.4 Å². The number of quaternary nitrogens is 1. The number of hydrogen-bond acceptors (Lipinski definition) is 4. The van der Waals surface area contributed by atoms with E-state index in [1.54, 1.807) is 31.4 Å². The summed E-state index contributed by atoms with van der Waals surface area (Å²) in [6.45, 7) is 4.20. The largest absolute Gasteiger partial charge is 0.496 e. The monoisotopic (exact) mass is 411 g/mol. The molecule has 0 aliphatic carbocycles. The predicted molar refractivity (Wildman–Crippen MR) is 115 cm³/mol. The fraction of sp³-hybridized carbons (Fsp3) is 0.417. The molecule has 0 saturated carbocycles. The molecule has 6 heteroatoms. The molecule has 1 N–H and O–H groups in total. The first-order chi connectivity index (χ1) is 14.6. The van der Waals surface area contributed by atoms with Gasteiger partial charge in [0.2, 0.25) is 0 Å². The maximum Gasteiger partial charge on any atom is 0.338 e. The van der Waals surface area contributed by atoms with Crippen molar-refractivity contribution in [2.45, 2.75) is 38.7 Å². The molecule has 0 spiro atoms. The number of ether oxygens (including phenoxy) is 2. The van der Waals surface area contributed by atoms with Crippen LogP contribution in [0, 0.1) is 0 Å². The molecule has 1 aliphatic heterocycles. The Morgan fingerprint density at radius 2 is 1.67 bits per heavy atom. The standard InChI is InChI=1S/C24H30N2O4/c1-3-20(30-24(28)19-12-6-4-7-13-19)18-26(16-10-5-11-17-26)25-23(27)21-14-8-9-15-22(21)29-2/h4,6-9,12-15,20H,3,5,10-11,16-18H2,1-2H3/p+1. The Hall–Kier alpha value is -2.86. The third-order valence-electron chi connectivity index (χ3n) is 5.65. The Kier molecular flexibility index (Phi) is 7.46. The maximum absolute atomic E-state index is 13.1. The van der Waals surface area contributed by atoms with Crippen molar-refractivity contribution in [1.82, 2.24) is 5.43 Å². The molecule has 1 heterocycles. The molecule has 0 aromatic heterocycles.